The van der Waals surface area contributed by atoms with Gasteiger partial charge in [-0.1, -0.05) is 0 Å². The molecule has 1 atom stereocenters. The maximum Gasteiger partial charge on any atom is 0.410 e. The number of methoxy groups -OCH3 is 1. The first-order valence-electron chi connectivity index (χ1n) is 8.06. The fraction of sp³-hybridized carbons (Fsp3) is 0.562. The summed E-state index contributed by atoms with van der Waals surface area (Å²) < 4.78 is 10.1. The van der Waals surface area contributed by atoms with Crippen LogP contribution in [0.2, 0.25) is 0 Å². The lowest BCUT2D eigenvalue weighted by Gasteiger charge is -2.40. The Balaban J connectivity index is 2.29. The monoisotopic (exact) mass is 366 g/mol. The van der Waals surface area contributed by atoms with Gasteiger partial charge in [0.25, 0.3) is 0 Å². The van der Waals surface area contributed by atoms with Gasteiger partial charge in [0, 0.05) is 25.4 Å². The van der Waals surface area contributed by atoms with Crippen LogP contribution in [0.25, 0.3) is 0 Å². The molecule has 0 aliphatic carbocycles. The van der Waals surface area contributed by atoms with E-state index in [-0.39, 0.29) is 31.1 Å². The van der Waals surface area contributed by atoms with Gasteiger partial charge in [0.05, 0.1) is 18.6 Å². The number of piperazine rings is 1. The predicted molar refractivity (Wildman–Crippen MR) is 91.8 cm³/mol. The van der Waals surface area contributed by atoms with Gasteiger partial charge in [0.1, 0.15) is 11.6 Å². The zero-order valence-corrected chi connectivity index (χ0v) is 15.2. The van der Waals surface area contributed by atoms with Crippen LogP contribution in [0.3, 0.4) is 0 Å². The second-order valence-corrected chi connectivity index (χ2v) is 6.76. The van der Waals surface area contributed by atoms with Crippen LogP contribution in [0.4, 0.5) is 16.3 Å². The number of anilines is 1. The molecule has 2 heterocycles. The third kappa shape index (κ3) is 4.38. The summed E-state index contributed by atoms with van der Waals surface area (Å²) >= 11 is 0. The Kier molecular flexibility index (Phi) is 5.63. The minimum absolute atomic E-state index is 0.0185. The molecule has 10 heteroatoms. The van der Waals surface area contributed by atoms with Crippen LogP contribution < -0.4 is 4.90 Å². The number of hydrogen-bond donors (Lipinski definition) is 0. The molecule has 0 aromatic carbocycles. The molecule has 142 valence electrons. The number of pyridine rings is 1. The maximum absolute atomic E-state index is 12.3. The smallest absolute Gasteiger partial charge is 0.410 e. The first-order chi connectivity index (χ1) is 12.1. The summed E-state index contributed by atoms with van der Waals surface area (Å²) in [6.45, 7) is 5.63. The molecule has 0 radical (unpaired) electrons. The number of ether oxygens (including phenoxy) is 2. The van der Waals surface area contributed by atoms with Crippen LogP contribution in [-0.4, -0.2) is 65.3 Å². The molecule has 0 N–H and O–H groups in total. The van der Waals surface area contributed by atoms with Crippen molar-refractivity contribution in [3.05, 3.63) is 28.4 Å². The normalized spacial score (nSPS) is 17.6. The van der Waals surface area contributed by atoms with Crippen molar-refractivity contribution in [2.24, 2.45) is 0 Å². The van der Waals surface area contributed by atoms with Crippen LogP contribution in [0.1, 0.15) is 20.8 Å². The van der Waals surface area contributed by atoms with Crippen molar-refractivity contribution in [2.45, 2.75) is 32.4 Å². The van der Waals surface area contributed by atoms with Crippen LogP contribution in [0.5, 0.6) is 0 Å². The summed E-state index contributed by atoms with van der Waals surface area (Å²) in [7, 11) is 1.22. The van der Waals surface area contributed by atoms with E-state index in [1.807, 2.05) is 0 Å². The van der Waals surface area contributed by atoms with E-state index in [1.165, 1.54) is 35.2 Å². The lowest BCUT2D eigenvalue weighted by molar-refractivity contribution is -0.384. The number of hydrogen-bond acceptors (Lipinski definition) is 8. The Morgan fingerprint density at radius 1 is 1.35 bits per heavy atom. The summed E-state index contributed by atoms with van der Waals surface area (Å²) in [5.41, 5.74) is -0.888. The van der Waals surface area contributed by atoms with Crippen LogP contribution >= 0.6 is 0 Å². The summed E-state index contributed by atoms with van der Waals surface area (Å²) in [4.78, 5) is 42.2. The molecular weight excluding hydrogens is 344 g/mol. The van der Waals surface area contributed by atoms with E-state index in [9.17, 15) is 19.7 Å². The van der Waals surface area contributed by atoms with Gasteiger partial charge in [0.15, 0.2) is 0 Å². The Hall–Kier alpha value is -2.91. The van der Waals surface area contributed by atoms with E-state index in [1.54, 1.807) is 20.8 Å². The maximum atomic E-state index is 12.3. The summed E-state index contributed by atoms with van der Waals surface area (Å²) in [5, 5.41) is 11.3. The summed E-state index contributed by atoms with van der Waals surface area (Å²) in [6, 6.07) is 1.85. The fourth-order valence-electron chi connectivity index (χ4n) is 2.62. The van der Waals surface area contributed by atoms with E-state index in [2.05, 4.69) is 4.98 Å². The zero-order chi connectivity index (χ0) is 19.5. The standard InChI is InChI=1S/C16H22N4O6/c1-16(2,3)26-15(22)18-8-9-19(12(10-18)14(21)25-4)13-11(20(23)24)6-5-7-17-13/h5-7,12H,8-10H2,1-4H3/t12-/m0/s1. The second-order valence-electron chi connectivity index (χ2n) is 6.76. The minimum Gasteiger partial charge on any atom is -0.467 e. The lowest BCUT2D eigenvalue weighted by Crippen LogP contribution is -2.59. The molecule has 1 aliphatic rings. The molecule has 26 heavy (non-hydrogen) atoms. The van der Waals surface area contributed by atoms with Crippen LogP contribution in [-0.2, 0) is 14.3 Å². The highest BCUT2D eigenvalue weighted by Crippen LogP contribution is 2.29. The molecule has 0 spiro atoms. The van der Waals surface area contributed by atoms with Gasteiger partial charge in [-0.05, 0) is 26.8 Å². The van der Waals surface area contributed by atoms with Crippen molar-refractivity contribution in [3.8, 4) is 0 Å². The van der Waals surface area contributed by atoms with Crippen LogP contribution in [0, 0.1) is 10.1 Å². The molecule has 0 saturated carbocycles. The molecule has 1 aromatic heterocycles. The molecule has 1 amide bonds. The fourth-order valence-corrected chi connectivity index (χ4v) is 2.62. The Morgan fingerprint density at radius 3 is 2.62 bits per heavy atom. The minimum atomic E-state index is -0.921. The molecule has 0 bridgehead atoms. The van der Waals surface area contributed by atoms with Gasteiger partial charge in [0.2, 0.25) is 5.82 Å². The summed E-state index contributed by atoms with van der Waals surface area (Å²) in [5.74, 6) is -0.546. The van der Waals surface area contributed by atoms with Crippen molar-refractivity contribution in [1.82, 2.24) is 9.88 Å². The lowest BCUT2D eigenvalue weighted by atomic mass is 10.1. The van der Waals surface area contributed by atoms with Crippen molar-refractivity contribution in [1.29, 1.82) is 0 Å². The number of rotatable bonds is 3. The molecule has 1 saturated heterocycles. The molecular formula is C16H22N4O6. The van der Waals surface area contributed by atoms with Crippen molar-refractivity contribution >= 4 is 23.6 Å². The number of carbonyl (C=O) groups excluding carboxylic acids is 2. The largest absolute Gasteiger partial charge is 0.467 e. The average molecular weight is 366 g/mol. The van der Waals surface area contributed by atoms with Crippen LogP contribution in [0.15, 0.2) is 18.3 Å². The number of nitro groups is 1. The Labute approximate surface area is 150 Å². The highest BCUT2D eigenvalue weighted by atomic mass is 16.6. The second kappa shape index (κ2) is 7.54. The molecule has 1 aliphatic heterocycles. The topological polar surface area (TPSA) is 115 Å². The number of amides is 1. The molecule has 10 nitrogen and oxygen atoms in total. The van der Waals surface area contributed by atoms with Crippen molar-refractivity contribution in [2.75, 3.05) is 31.6 Å². The van der Waals surface area contributed by atoms with Gasteiger partial charge in [-0.15, -0.1) is 0 Å². The first-order valence-corrected chi connectivity index (χ1v) is 8.06. The summed E-state index contributed by atoms with van der Waals surface area (Å²) in [6.07, 6.45) is 0.860. The van der Waals surface area contributed by atoms with Gasteiger partial charge >= 0.3 is 17.7 Å². The van der Waals surface area contributed by atoms with Crippen molar-refractivity contribution in [3.63, 3.8) is 0 Å². The highest BCUT2D eigenvalue weighted by Gasteiger charge is 2.39. The molecule has 1 fully saturated rings. The molecule has 2 rings (SSSR count). The van der Waals surface area contributed by atoms with Crippen molar-refractivity contribution < 1.29 is 24.0 Å². The van der Waals surface area contributed by atoms with Gasteiger partial charge in [-0.2, -0.15) is 0 Å². The third-order valence-corrected chi connectivity index (χ3v) is 3.74. The van der Waals surface area contributed by atoms with E-state index in [4.69, 9.17) is 9.47 Å². The number of aromatic nitrogens is 1. The van der Waals surface area contributed by atoms with E-state index >= 15 is 0 Å². The predicted octanol–water partition coefficient (Wildman–Crippen LogP) is 1.59. The number of nitrogens with zero attached hydrogens (tertiary/aromatic N) is 4. The first kappa shape index (κ1) is 19.4. The quantitative estimate of drug-likeness (QED) is 0.450. The zero-order valence-electron chi connectivity index (χ0n) is 15.2. The average Bonchev–Trinajstić information content (AvgIpc) is 2.59. The Bertz CT molecular complexity index is 702. The van der Waals surface area contributed by atoms with E-state index in [0.717, 1.165) is 0 Å². The number of carbonyl (C=O) groups is 2. The number of esters is 1. The van der Waals surface area contributed by atoms with Gasteiger partial charge in [-0.3, -0.25) is 10.1 Å². The molecule has 0 unspecified atom stereocenters. The third-order valence-electron chi connectivity index (χ3n) is 3.74. The van der Waals surface area contributed by atoms with E-state index in [0.29, 0.717) is 0 Å². The SMILES string of the molecule is COC(=O)[C@@H]1CN(C(=O)OC(C)(C)C)CCN1c1ncccc1[N+](=O)[O-]. The van der Waals surface area contributed by atoms with Gasteiger partial charge < -0.3 is 19.3 Å². The van der Waals surface area contributed by atoms with E-state index < -0.39 is 28.6 Å². The Morgan fingerprint density at radius 2 is 2.04 bits per heavy atom. The highest BCUT2D eigenvalue weighted by molar-refractivity contribution is 5.82. The molecule has 1 aromatic rings. The van der Waals surface area contributed by atoms with Gasteiger partial charge in [-0.25, -0.2) is 14.6 Å².